The molecule has 1 aliphatic rings. The molecule has 0 bridgehead atoms. The molecule has 0 aromatic heterocycles. The van der Waals surface area contributed by atoms with E-state index in [9.17, 15) is 4.79 Å². The van der Waals surface area contributed by atoms with E-state index in [0.717, 1.165) is 6.42 Å². The Bertz CT molecular complexity index is 250. The van der Waals surface area contributed by atoms with Gasteiger partial charge in [0.05, 0.1) is 19.3 Å². The van der Waals surface area contributed by atoms with Crippen molar-refractivity contribution in [2.24, 2.45) is 0 Å². The summed E-state index contributed by atoms with van der Waals surface area (Å²) in [5, 5.41) is 0. The average Bonchev–Trinajstić information content (AvgIpc) is 2.50. The van der Waals surface area contributed by atoms with Crippen LogP contribution in [0.3, 0.4) is 0 Å². The molecular formula is C11H19NO3. The first-order valence-electron chi connectivity index (χ1n) is 5.25. The minimum Gasteiger partial charge on any atom is -0.449 e. The smallest absolute Gasteiger partial charge is 0.412 e. The molecule has 1 fully saturated rings. The monoisotopic (exact) mass is 213 g/mol. The van der Waals surface area contributed by atoms with Gasteiger partial charge in [0, 0.05) is 0 Å². The Morgan fingerprint density at radius 2 is 2.40 bits per heavy atom. The van der Waals surface area contributed by atoms with E-state index in [1.807, 2.05) is 20.8 Å². The van der Waals surface area contributed by atoms with Gasteiger partial charge in [-0.3, -0.25) is 4.90 Å². The highest BCUT2D eigenvalue weighted by Gasteiger charge is 2.43. The molecule has 15 heavy (non-hydrogen) atoms. The van der Waals surface area contributed by atoms with E-state index in [-0.39, 0.29) is 12.1 Å². The Labute approximate surface area is 90.8 Å². The van der Waals surface area contributed by atoms with Crippen molar-refractivity contribution in [2.75, 3.05) is 13.2 Å². The van der Waals surface area contributed by atoms with Gasteiger partial charge in [-0.05, 0) is 20.3 Å². The van der Waals surface area contributed by atoms with Gasteiger partial charge in [0.2, 0.25) is 0 Å². The second kappa shape index (κ2) is 4.66. The lowest BCUT2D eigenvalue weighted by Crippen LogP contribution is -2.47. The lowest BCUT2D eigenvalue weighted by atomic mass is 10.2. The first-order chi connectivity index (χ1) is 7.03. The summed E-state index contributed by atoms with van der Waals surface area (Å²) in [6, 6.07) is -0.0932. The van der Waals surface area contributed by atoms with Crippen molar-refractivity contribution in [3.63, 3.8) is 0 Å². The highest BCUT2D eigenvalue weighted by atomic mass is 16.6. The number of ether oxygens (including phenoxy) is 2. The van der Waals surface area contributed by atoms with E-state index in [2.05, 4.69) is 6.58 Å². The van der Waals surface area contributed by atoms with Gasteiger partial charge in [-0.2, -0.15) is 0 Å². The van der Waals surface area contributed by atoms with Crippen LogP contribution in [0.2, 0.25) is 0 Å². The summed E-state index contributed by atoms with van der Waals surface area (Å²) in [5.41, 5.74) is -0.607. The molecule has 0 unspecified atom stereocenters. The molecule has 1 rings (SSSR count). The average molecular weight is 213 g/mol. The van der Waals surface area contributed by atoms with Crippen molar-refractivity contribution < 1.29 is 14.3 Å². The fourth-order valence-electron chi connectivity index (χ4n) is 1.62. The number of rotatable bonds is 3. The molecule has 0 saturated carbocycles. The number of amides is 1. The zero-order valence-corrected chi connectivity index (χ0v) is 9.66. The Morgan fingerprint density at radius 1 is 1.73 bits per heavy atom. The molecule has 1 aliphatic heterocycles. The molecule has 0 aromatic carbocycles. The molecule has 0 aliphatic carbocycles. The van der Waals surface area contributed by atoms with E-state index in [1.165, 1.54) is 0 Å². The first kappa shape index (κ1) is 12.0. The number of hydrogen-bond acceptors (Lipinski definition) is 3. The highest BCUT2D eigenvalue weighted by molar-refractivity contribution is 5.69. The maximum atomic E-state index is 11.8. The standard InChI is InChI=1S/C11H19NO3/c1-5-7-14-10(13)12-9(6-2)8-15-11(12,3)4/h6,9H,2,5,7-8H2,1,3-4H3/t9-/m0/s1. The maximum Gasteiger partial charge on any atom is 0.412 e. The van der Waals surface area contributed by atoms with Crippen LogP contribution in [0, 0.1) is 0 Å². The molecule has 1 amide bonds. The van der Waals surface area contributed by atoms with Crippen LogP contribution in [-0.4, -0.2) is 36.0 Å². The van der Waals surface area contributed by atoms with E-state index in [0.29, 0.717) is 13.2 Å². The topological polar surface area (TPSA) is 38.8 Å². The Kier molecular flexibility index (Phi) is 3.74. The van der Waals surface area contributed by atoms with Crippen molar-refractivity contribution in [3.8, 4) is 0 Å². The van der Waals surface area contributed by atoms with E-state index >= 15 is 0 Å². The molecule has 4 heteroatoms. The zero-order valence-electron chi connectivity index (χ0n) is 9.66. The summed E-state index contributed by atoms with van der Waals surface area (Å²) in [6.07, 6.45) is 2.20. The summed E-state index contributed by atoms with van der Waals surface area (Å²) >= 11 is 0. The van der Waals surface area contributed by atoms with Crippen LogP contribution < -0.4 is 0 Å². The van der Waals surface area contributed by atoms with Gasteiger partial charge in [-0.1, -0.05) is 13.0 Å². The third-order valence-electron chi connectivity index (χ3n) is 2.42. The van der Waals surface area contributed by atoms with Crippen molar-refractivity contribution in [1.82, 2.24) is 4.90 Å². The normalized spacial score (nSPS) is 23.9. The lowest BCUT2D eigenvalue weighted by molar-refractivity contribution is -0.0468. The van der Waals surface area contributed by atoms with Gasteiger partial charge in [-0.25, -0.2) is 4.79 Å². The maximum absolute atomic E-state index is 11.8. The number of carbonyl (C=O) groups is 1. The first-order valence-corrected chi connectivity index (χ1v) is 5.25. The number of nitrogens with zero attached hydrogens (tertiary/aromatic N) is 1. The molecule has 86 valence electrons. The molecule has 0 N–H and O–H groups in total. The van der Waals surface area contributed by atoms with Gasteiger partial charge >= 0.3 is 6.09 Å². The van der Waals surface area contributed by atoms with E-state index < -0.39 is 5.72 Å². The van der Waals surface area contributed by atoms with Crippen LogP contribution in [-0.2, 0) is 9.47 Å². The number of carbonyl (C=O) groups excluding carboxylic acids is 1. The molecule has 1 saturated heterocycles. The van der Waals surface area contributed by atoms with E-state index in [1.54, 1.807) is 11.0 Å². The minimum atomic E-state index is -0.607. The summed E-state index contributed by atoms with van der Waals surface area (Å²) < 4.78 is 10.6. The Balaban J connectivity index is 2.70. The molecule has 1 atom stereocenters. The zero-order chi connectivity index (χ0) is 11.5. The van der Waals surface area contributed by atoms with Gasteiger partial charge in [0.25, 0.3) is 0 Å². The molecule has 0 radical (unpaired) electrons. The number of hydrogen-bond donors (Lipinski definition) is 0. The lowest BCUT2D eigenvalue weighted by Gasteiger charge is -2.31. The second-order valence-corrected chi connectivity index (χ2v) is 4.05. The molecule has 4 nitrogen and oxygen atoms in total. The van der Waals surface area contributed by atoms with Gasteiger partial charge < -0.3 is 9.47 Å². The summed E-state index contributed by atoms with van der Waals surface area (Å²) in [7, 11) is 0. The van der Waals surface area contributed by atoms with Crippen LogP contribution >= 0.6 is 0 Å². The largest absolute Gasteiger partial charge is 0.449 e. The van der Waals surface area contributed by atoms with Crippen molar-refractivity contribution >= 4 is 6.09 Å². The molecule has 1 heterocycles. The predicted molar refractivity (Wildman–Crippen MR) is 57.5 cm³/mol. The van der Waals surface area contributed by atoms with Gasteiger partial charge in [-0.15, -0.1) is 6.58 Å². The summed E-state index contributed by atoms with van der Waals surface area (Å²) in [5.74, 6) is 0. The van der Waals surface area contributed by atoms with Crippen molar-refractivity contribution in [3.05, 3.63) is 12.7 Å². The SMILES string of the molecule is C=C[C@H]1COC(C)(C)N1C(=O)OCCC. The van der Waals surface area contributed by atoms with Gasteiger partial charge in [0.1, 0.15) is 5.72 Å². The van der Waals surface area contributed by atoms with Crippen LogP contribution in [0.4, 0.5) is 4.79 Å². The summed E-state index contributed by atoms with van der Waals surface area (Å²) in [4.78, 5) is 13.4. The quantitative estimate of drug-likeness (QED) is 0.674. The fraction of sp³-hybridized carbons (Fsp3) is 0.727. The van der Waals surface area contributed by atoms with Crippen LogP contribution in [0.5, 0.6) is 0 Å². The molecule has 0 aromatic rings. The van der Waals surface area contributed by atoms with E-state index in [4.69, 9.17) is 9.47 Å². The predicted octanol–water partition coefficient (Wildman–Crippen LogP) is 2.16. The minimum absolute atomic E-state index is 0.0932. The van der Waals surface area contributed by atoms with Crippen LogP contribution in [0.1, 0.15) is 27.2 Å². The van der Waals surface area contributed by atoms with Gasteiger partial charge in [0.15, 0.2) is 0 Å². The third kappa shape index (κ3) is 2.50. The second-order valence-electron chi connectivity index (χ2n) is 4.05. The van der Waals surface area contributed by atoms with Crippen LogP contribution in [0.25, 0.3) is 0 Å². The highest BCUT2D eigenvalue weighted by Crippen LogP contribution is 2.28. The summed E-state index contributed by atoms with van der Waals surface area (Å²) in [6.45, 7) is 10.3. The molecular weight excluding hydrogens is 194 g/mol. The molecule has 0 spiro atoms. The van der Waals surface area contributed by atoms with Crippen molar-refractivity contribution in [1.29, 1.82) is 0 Å². The third-order valence-corrected chi connectivity index (χ3v) is 2.42. The van der Waals surface area contributed by atoms with Crippen molar-refractivity contribution in [2.45, 2.75) is 39.0 Å². The Hall–Kier alpha value is -1.03. The fourth-order valence-corrected chi connectivity index (χ4v) is 1.62. The Morgan fingerprint density at radius 3 is 2.93 bits per heavy atom. The van der Waals surface area contributed by atoms with Crippen LogP contribution in [0.15, 0.2) is 12.7 Å².